The summed E-state index contributed by atoms with van der Waals surface area (Å²) in [6, 6.07) is 8.04. The van der Waals surface area contributed by atoms with Gasteiger partial charge in [-0.3, -0.25) is 4.99 Å². The number of nitrogens with one attached hydrogen (secondary N) is 1. The van der Waals surface area contributed by atoms with E-state index in [4.69, 9.17) is 16.3 Å². The molecule has 0 bridgehead atoms. The first-order chi connectivity index (χ1) is 13.2. The van der Waals surface area contributed by atoms with Crippen molar-refractivity contribution in [3.63, 3.8) is 0 Å². The Morgan fingerprint density at radius 1 is 1.31 bits per heavy atom. The van der Waals surface area contributed by atoms with Crippen LogP contribution in [0, 0.1) is 0 Å². The van der Waals surface area contributed by atoms with Crippen molar-refractivity contribution in [1.82, 2.24) is 10.2 Å². The molecule has 164 valence electrons. The second-order valence-corrected chi connectivity index (χ2v) is 11.5. The van der Waals surface area contributed by atoms with Crippen LogP contribution in [-0.2, 0) is 20.0 Å². The average Bonchev–Trinajstić information content (AvgIpc) is 2.66. The zero-order valence-corrected chi connectivity index (χ0v) is 21.2. The van der Waals surface area contributed by atoms with E-state index < -0.39 is 14.6 Å². The van der Waals surface area contributed by atoms with E-state index in [1.165, 1.54) is 5.56 Å². The molecule has 2 saturated heterocycles. The van der Waals surface area contributed by atoms with E-state index in [0.29, 0.717) is 32.8 Å². The Bertz CT molecular complexity index is 839. The number of sulfone groups is 1. The Balaban J connectivity index is 0.00000300. The van der Waals surface area contributed by atoms with Crippen LogP contribution in [-0.4, -0.2) is 69.7 Å². The standard InChI is InChI=1S/C20H30ClN3O3S.HI/c1-19(2)15-24(9-12-28(19,25)26)18(22-3)23-14-20(7-10-27-11-8-20)16-5-4-6-17(21)13-16;/h4-6,13H,7-12,14-15H2,1-3H3,(H,22,23);1H. The summed E-state index contributed by atoms with van der Waals surface area (Å²) in [7, 11) is -1.34. The zero-order valence-electron chi connectivity index (χ0n) is 17.3. The van der Waals surface area contributed by atoms with Crippen molar-refractivity contribution in [3.05, 3.63) is 34.9 Å². The van der Waals surface area contributed by atoms with Crippen LogP contribution < -0.4 is 5.32 Å². The maximum absolute atomic E-state index is 12.3. The van der Waals surface area contributed by atoms with E-state index in [1.54, 1.807) is 20.9 Å². The summed E-state index contributed by atoms with van der Waals surface area (Å²) in [5.74, 6) is 0.893. The first-order valence-corrected chi connectivity index (χ1v) is 11.7. The Labute approximate surface area is 196 Å². The second-order valence-electron chi connectivity index (χ2n) is 8.30. The van der Waals surface area contributed by atoms with Gasteiger partial charge in [0.15, 0.2) is 15.8 Å². The molecule has 0 radical (unpaired) electrons. The fraction of sp³-hybridized carbons (Fsp3) is 0.650. The normalized spacial score (nSPS) is 23.2. The first kappa shape index (κ1) is 24.7. The predicted molar refractivity (Wildman–Crippen MR) is 129 cm³/mol. The van der Waals surface area contributed by atoms with Crippen LogP contribution in [0.3, 0.4) is 0 Å². The lowest BCUT2D eigenvalue weighted by Gasteiger charge is -2.42. The van der Waals surface area contributed by atoms with E-state index in [-0.39, 0.29) is 35.1 Å². The van der Waals surface area contributed by atoms with Gasteiger partial charge in [-0.15, -0.1) is 24.0 Å². The van der Waals surface area contributed by atoms with Crippen LogP contribution in [0.15, 0.2) is 29.3 Å². The second kappa shape index (κ2) is 9.70. The number of ether oxygens (including phenoxy) is 1. The zero-order chi connectivity index (χ0) is 20.4. The number of nitrogens with zero attached hydrogens (tertiary/aromatic N) is 2. The molecule has 2 aliphatic heterocycles. The molecule has 0 spiro atoms. The fourth-order valence-electron chi connectivity index (χ4n) is 4.05. The number of hydrogen-bond acceptors (Lipinski definition) is 4. The van der Waals surface area contributed by atoms with E-state index in [9.17, 15) is 8.42 Å². The van der Waals surface area contributed by atoms with Gasteiger partial charge in [-0.2, -0.15) is 0 Å². The molecule has 1 aromatic rings. The van der Waals surface area contributed by atoms with Crippen molar-refractivity contribution < 1.29 is 13.2 Å². The highest BCUT2D eigenvalue weighted by Gasteiger charge is 2.41. The van der Waals surface area contributed by atoms with Crippen LogP contribution in [0.1, 0.15) is 32.3 Å². The van der Waals surface area contributed by atoms with E-state index in [1.807, 2.05) is 23.1 Å². The third-order valence-corrected chi connectivity index (χ3v) is 8.79. The van der Waals surface area contributed by atoms with E-state index >= 15 is 0 Å². The Hall–Kier alpha value is -0.580. The van der Waals surface area contributed by atoms with Crippen molar-refractivity contribution in [3.8, 4) is 0 Å². The van der Waals surface area contributed by atoms with Crippen LogP contribution >= 0.6 is 35.6 Å². The smallest absolute Gasteiger partial charge is 0.193 e. The number of hydrogen-bond donors (Lipinski definition) is 1. The molecule has 9 heteroatoms. The van der Waals surface area contributed by atoms with Crippen molar-refractivity contribution in [2.45, 2.75) is 36.9 Å². The summed E-state index contributed by atoms with van der Waals surface area (Å²) in [6.07, 6.45) is 1.80. The number of guanidine groups is 1. The SMILES string of the molecule is CN=C(NCC1(c2cccc(Cl)c2)CCOCC1)N1CCS(=O)(=O)C(C)(C)C1.I. The van der Waals surface area contributed by atoms with Gasteiger partial charge in [-0.25, -0.2) is 8.42 Å². The molecular weight excluding hydrogens is 525 g/mol. The maximum atomic E-state index is 12.3. The van der Waals surface area contributed by atoms with Gasteiger partial charge in [0.25, 0.3) is 0 Å². The van der Waals surface area contributed by atoms with Crippen molar-refractivity contribution in [2.75, 3.05) is 45.6 Å². The molecule has 0 aliphatic carbocycles. The molecule has 1 aromatic carbocycles. The molecule has 0 unspecified atom stereocenters. The molecule has 29 heavy (non-hydrogen) atoms. The lowest BCUT2D eigenvalue weighted by Crippen LogP contribution is -2.58. The minimum Gasteiger partial charge on any atom is -0.381 e. The monoisotopic (exact) mass is 555 g/mol. The summed E-state index contributed by atoms with van der Waals surface area (Å²) < 4.78 is 29.5. The minimum atomic E-state index is -3.09. The maximum Gasteiger partial charge on any atom is 0.193 e. The van der Waals surface area contributed by atoms with Gasteiger partial charge in [0, 0.05) is 50.3 Å². The van der Waals surface area contributed by atoms with Crippen LogP contribution in [0.4, 0.5) is 0 Å². The molecule has 0 atom stereocenters. The van der Waals surface area contributed by atoms with Gasteiger partial charge >= 0.3 is 0 Å². The fourth-order valence-corrected chi connectivity index (χ4v) is 5.61. The number of benzene rings is 1. The predicted octanol–water partition coefficient (Wildman–Crippen LogP) is 3.09. The van der Waals surface area contributed by atoms with Gasteiger partial charge in [0.2, 0.25) is 0 Å². The lowest BCUT2D eigenvalue weighted by atomic mass is 9.74. The molecule has 0 aromatic heterocycles. The number of rotatable bonds is 3. The molecular formula is C20H31ClIN3O3S. The molecule has 2 aliphatic rings. The topological polar surface area (TPSA) is 71.0 Å². The summed E-state index contributed by atoms with van der Waals surface area (Å²) in [5.41, 5.74) is 1.11. The molecule has 3 rings (SSSR count). The summed E-state index contributed by atoms with van der Waals surface area (Å²) in [4.78, 5) is 6.48. The van der Waals surface area contributed by atoms with Crippen LogP contribution in [0.5, 0.6) is 0 Å². The first-order valence-electron chi connectivity index (χ1n) is 9.71. The van der Waals surface area contributed by atoms with Gasteiger partial charge in [0.05, 0.1) is 10.5 Å². The quantitative estimate of drug-likeness (QED) is 0.353. The summed E-state index contributed by atoms with van der Waals surface area (Å²) in [5, 5.41) is 4.25. The van der Waals surface area contributed by atoms with Gasteiger partial charge in [0.1, 0.15) is 0 Å². The highest BCUT2D eigenvalue weighted by atomic mass is 127. The van der Waals surface area contributed by atoms with Gasteiger partial charge in [-0.1, -0.05) is 23.7 Å². The van der Waals surface area contributed by atoms with Crippen molar-refractivity contribution in [2.24, 2.45) is 4.99 Å². The Kier molecular flexibility index (Phi) is 8.26. The molecule has 1 N–H and O–H groups in total. The van der Waals surface area contributed by atoms with Crippen molar-refractivity contribution >= 4 is 51.4 Å². The Morgan fingerprint density at radius 2 is 2.00 bits per heavy atom. The minimum absolute atomic E-state index is 0. The van der Waals surface area contributed by atoms with Crippen LogP contribution in [0.25, 0.3) is 0 Å². The summed E-state index contributed by atoms with van der Waals surface area (Å²) >= 11 is 6.26. The molecule has 2 fully saturated rings. The average molecular weight is 556 g/mol. The molecule has 2 heterocycles. The van der Waals surface area contributed by atoms with E-state index in [0.717, 1.165) is 23.8 Å². The molecule has 6 nitrogen and oxygen atoms in total. The molecule has 0 amide bonds. The van der Waals surface area contributed by atoms with Gasteiger partial charge in [-0.05, 0) is 44.4 Å². The highest BCUT2D eigenvalue weighted by Crippen LogP contribution is 2.35. The van der Waals surface area contributed by atoms with Crippen LogP contribution in [0.2, 0.25) is 5.02 Å². The summed E-state index contributed by atoms with van der Waals surface area (Å²) in [6.45, 7) is 6.58. The highest BCUT2D eigenvalue weighted by molar-refractivity contribution is 14.0. The van der Waals surface area contributed by atoms with Gasteiger partial charge < -0.3 is 15.0 Å². The third-order valence-electron chi connectivity index (χ3n) is 6.03. The third kappa shape index (κ3) is 5.37. The largest absolute Gasteiger partial charge is 0.381 e. The number of aliphatic imine (C=N–C) groups is 1. The Morgan fingerprint density at radius 3 is 2.59 bits per heavy atom. The van der Waals surface area contributed by atoms with E-state index in [2.05, 4.69) is 16.4 Å². The number of halogens is 2. The molecule has 0 saturated carbocycles. The van der Waals surface area contributed by atoms with Crippen molar-refractivity contribution in [1.29, 1.82) is 0 Å². The lowest BCUT2D eigenvalue weighted by molar-refractivity contribution is 0.0511.